The first-order valence-corrected chi connectivity index (χ1v) is 7.90. The molecule has 2 atom stereocenters. The lowest BCUT2D eigenvalue weighted by atomic mass is 10.2. The summed E-state index contributed by atoms with van der Waals surface area (Å²) >= 11 is 1.57. The standard InChI is InChI=1S/C9H7N3O3S.C4H6O6/c13-12(14)8-2-1-7(15-8)6-5-16-9-10-3-4-11(6)9;5-1(3(7)8)2(6)4(9)10/h1-2,5H,3-4H2;1-2,5-6H,(H,7,8)(H,9,10). The molecule has 2 aromatic heterocycles. The highest BCUT2D eigenvalue weighted by Crippen LogP contribution is 2.28. The molecule has 4 N–H and O–H groups in total. The Morgan fingerprint density at radius 1 is 1.35 bits per heavy atom. The molecule has 3 heterocycles. The summed E-state index contributed by atoms with van der Waals surface area (Å²) in [7, 11) is 0. The highest BCUT2D eigenvalue weighted by atomic mass is 32.1. The maximum absolute atomic E-state index is 10.5. The summed E-state index contributed by atoms with van der Waals surface area (Å²) in [6.07, 6.45) is -4.71. The molecule has 1 aliphatic rings. The molecule has 13 heteroatoms. The van der Waals surface area contributed by atoms with E-state index in [1.807, 2.05) is 5.38 Å². The van der Waals surface area contributed by atoms with Crippen LogP contribution in [0.5, 0.6) is 0 Å². The van der Waals surface area contributed by atoms with E-state index in [1.165, 1.54) is 6.07 Å². The van der Waals surface area contributed by atoms with Crippen molar-refractivity contribution in [2.45, 2.75) is 18.8 Å². The first-order valence-electron chi connectivity index (χ1n) is 7.02. The van der Waals surface area contributed by atoms with Gasteiger partial charge in [0.15, 0.2) is 17.6 Å². The van der Waals surface area contributed by atoms with Crippen LogP contribution in [0.2, 0.25) is 0 Å². The maximum Gasteiger partial charge on any atom is 0.433 e. The van der Waals surface area contributed by atoms with Crippen molar-refractivity contribution in [2.24, 2.45) is 0 Å². The van der Waals surface area contributed by atoms with Crippen molar-refractivity contribution in [3.63, 3.8) is 0 Å². The van der Waals surface area contributed by atoms with Crippen LogP contribution in [-0.2, 0) is 16.1 Å². The van der Waals surface area contributed by atoms with Crippen LogP contribution in [-0.4, -0.2) is 50.9 Å². The van der Waals surface area contributed by atoms with Crippen molar-refractivity contribution in [3.05, 3.63) is 27.6 Å². The smallest absolute Gasteiger partial charge is 0.433 e. The maximum atomic E-state index is 10.5. The lowest BCUT2D eigenvalue weighted by Gasteiger charge is -2.13. The molecule has 2 unspecified atom stereocenters. The Morgan fingerprint density at radius 3 is 2.54 bits per heavy atom. The first-order chi connectivity index (χ1) is 12.2. The van der Waals surface area contributed by atoms with Crippen LogP contribution in [0, 0.1) is 10.1 Å². The Kier molecular flexibility index (Phi) is 5.86. The average Bonchev–Trinajstić information content (AvgIpc) is 3.29. The second kappa shape index (κ2) is 7.90. The lowest BCUT2D eigenvalue weighted by Crippen LogP contribution is -2.46. The van der Waals surface area contributed by atoms with Gasteiger partial charge in [-0.05, 0) is 6.07 Å². The Bertz CT molecular complexity index is 813. The van der Waals surface area contributed by atoms with E-state index in [2.05, 4.69) is 9.88 Å². The average molecular weight is 387 g/mol. The highest BCUT2D eigenvalue weighted by molar-refractivity contribution is 7.13. The number of aliphatic carboxylic acids is 2. The van der Waals surface area contributed by atoms with E-state index in [0.29, 0.717) is 5.76 Å². The van der Waals surface area contributed by atoms with Crippen LogP contribution < -0.4 is 15.0 Å². The van der Waals surface area contributed by atoms with Crippen molar-refractivity contribution >= 4 is 34.3 Å². The number of fused-ring (bicyclic) bond motifs is 1. The third-order valence-electron chi connectivity index (χ3n) is 3.25. The molecule has 3 rings (SSSR count). The van der Waals surface area contributed by atoms with Crippen LogP contribution in [0.25, 0.3) is 11.5 Å². The summed E-state index contributed by atoms with van der Waals surface area (Å²) in [4.78, 5) is 29.4. The van der Waals surface area contributed by atoms with E-state index < -0.39 is 29.1 Å². The molecule has 140 valence electrons. The minimum atomic E-state index is -2.38. The Balaban J connectivity index is 0.000000213. The van der Waals surface area contributed by atoms with E-state index in [0.717, 1.165) is 23.9 Å². The van der Waals surface area contributed by atoms with Crippen molar-refractivity contribution in [1.29, 1.82) is 0 Å². The third kappa shape index (κ3) is 4.14. The monoisotopic (exact) mass is 387 g/mol. The number of carbonyl (C=O) groups excluding carboxylic acids is 1. The Hall–Kier alpha value is -3.03. The van der Waals surface area contributed by atoms with Crippen LogP contribution in [0.3, 0.4) is 0 Å². The quantitative estimate of drug-likeness (QED) is 0.258. The number of nitro groups is 1. The normalized spacial score (nSPS) is 14.4. The molecule has 0 aliphatic carbocycles. The zero-order valence-electron chi connectivity index (χ0n) is 12.9. The molecule has 0 bridgehead atoms. The van der Waals surface area contributed by atoms with Gasteiger partial charge in [-0.3, -0.25) is 15.4 Å². The summed E-state index contributed by atoms with van der Waals surface area (Å²) < 4.78 is 7.24. The van der Waals surface area contributed by atoms with Crippen molar-refractivity contribution in [3.8, 4) is 11.5 Å². The van der Waals surface area contributed by atoms with Crippen molar-refractivity contribution in [2.75, 3.05) is 11.9 Å². The molecule has 12 nitrogen and oxygen atoms in total. The molecule has 0 aromatic carbocycles. The summed E-state index contributed by atoms with van der Waals surface area (Å²) in [5.74, 6) is -3.51. The fourth-order valence-corrected chi connectivity index (χ4v) is 2.97. The number of rotatable bonds is 5. The van der Waals surface area contributed by atoms with Gasteiger partial charge < -0.3 is 29.6 Å². The molecule has 0 spiro atoms. The fraction of sp³-hybridized carbons (Fsp3) is 0.308. The third-order valence-corrected chi connectivity index (χ3v) is 4.18. The van der Waals surface area contributed by atoms with Gasteiger partial charge in [0.1, 0.15) is 24.1 Å². The summed E-state index contributed by atoms with van der Waals surface area (Å²) in [5.41, 5.74) is 0.887. The number of anilines is 1. The number of carboxylic acid groups (broad SMARTS) is 2. The SMILES string of the molecule is O=C([O-])C(O)C(O)C(=O)O.O=[N+]([O-])c1ccc(-c2csc3[n+]2CCN3)o1. The minimum Gasteiger partial charge on any atom is -0.547 e. The second-order valence-corrected chi connectivity index (χ2v) is 5.80. The zero-order valence-corrected chi connectivity index (χ0v) is 13.7. The van der Waals surface area contributed by atoms with Gasteiger partial charge in [0.2, 0.25) is 0 Å². The molecule has 1 aliphatic heterocycles. The van der Waals surface area contributed by atoms with Gasteiger partial charge in [-0.25, -0.2) is 9.36 Å². The van der Waals surface area contributed by atoms with Gasteiger partial charge in [0, 0.05) is 5.38 Å². The van der Waals surface area contributed by atoms with E-state index >= 15 is 0 Å². The molecule has 26 heavy (non-hydrogen) atoms. The Morgan fingerprint density at radius 2 is 2.04 bits per heavy atom. The predicted octanol–water partition coefficient (Wildman–Crippen LogP) is -1.83. The first kappa shape index (κ1) is 19.3. The van der Waals surface area contributed by atoms with Crippen LogP contribution in [0.1, 0.15) is 0 Å². The van der Waals surface area contributed by atoms with Crippen molar-refractivity contribution in [1.82, 2.24) is 0 Å². The second-order valence-electron chi connectivity index (χ2n) is 4.95. The van der Waals surface area contributed by atoms with Gasteiger partial charge in [-0.1, -0.05) is 11.3 Å². The molecular formula is C13H13N3O9S. The molecule has 0 saturated heterocycles. The highest BCUT2D eigenvalue weighted by Gasteiger charge is 2.27. The lowest BCUT2D eigenvalue weighted by molar-refractivity contribution is -0.656. The fourth-order valence-electron chi connectivity index (χ4n) is 2.00. The number of aromatic nitrogens is 1. The number of nitrogens with zero attached hydrogens (tertiary/aromatic N) is 2. The zero-order chi connectivity index (χ0) is 19.4. The van der Waals surface area contributed by atoms with E-state index in [-0.39, 0.29) is 5.88 Å². The van der Waals surface area contributed by atoms with E-state index in [9.17, 15) is 24.8 Å². The largest absolute Gasteiger partial charge is 0.547 e. The van der Waals surface area contributed by atoms with Gasteiger partial charge >= 0.3 is 17.0 Å². The molecule has 0 fully saturated rings. The van der Waals surface area contributed by atoms with Gasteiger partial charge in [-0.15, -0.1) is 0 Å². The number of furan rings is 1. The van der Waals surface area contributed by atoms with Gasteiger partial charge in [0.05, 0.1) is 12.0 Å². The molecule has 0 saturated carbocycles. The number of thiazole rings is 1. The number of aliphatic hydroxyl groups excluding tert-OH is 2. The number of carboxylic acids is 2. The van der Waals surface area contributed by atoms with E-state index in [1.54, 1.807) is 17.4 Å². The summed E-state index contributed by atoms with van der Waals surface area (Å²) in [5, 5.41) is 50.9. The number of carbonyl (C=O) groups is 2. The number of aliphatic hydroxyl groups is 2. The number of nitrogens with one attached hydrogen (secondary N) is 1. The van der Waals surface area contributed by atoms with Crippen molar-refractivity contribution < 1.29 is 43.9 Å². The number of hydrogen-bond donors (Lipinski definition) is 4. The Labute approximate surface area is 148 Å². The number of hydrogen-bond acceptors (Lipinski definition) is 10. The molecule has 2 aromatic rings. The van der Waals surface area contributed by atoms with Crippen LogP contribution in [0.4, 0.5) is 11.0 Å². The van der Waals surface area contributed by atoms with Crippen LogP contribution in [0.15, 0.2) is 21.9 Å². The molecule has 0 radical (unpaired) electrons. The topological polar surface area (TPSA) is 190 Å². The molecular weight excluding hydrogens is 374 g/mol. The van der Waals surface area contributed by atoms with E-state index in [4.69, 9.17) is 19.7 Å². The minimum absolute atomic E-state index is 0.221. The van der Waals surface area contributed by atoms with Gasteiger partial charge in [-0.2, -0.15) is 0 Å². The predicted molar refractivity (Wildman–Crippen MR) is 82.0 cm³/mol. The summed E-state index contributed by atoms with van der Waals surface area (Å²) in [6, 6.07) is 3.01. The molecule has 0 amide bonds. The van der Waals surface area contributed by atoms with Gasteiger partial charge in [0.25, 0.3) is 0 Å². The van der Waals surface area contributed by atoms with Crippen LogP contribution >= 0.6 is 11.3 Å². The summed E-state index contributed by atoms with van der Waals surface area (Å²) in [6.45, 7) is 1.76.